The van der Waals surface area contributed by atoms with Crippen molar-refractivity contribution < 1.29 is 4.79 Å². The number of aromatic nitrogens is 5. The van der Waals surface area contributed by atoms with Crippen LogP contribution in [0.1, 0.15) is 49.7 Å². The van der Waals surface area contributed by atoms with Crippen LogP contribution in [-0.4, -0.2) is 30.5 Å². The van der Waals surface area contributed by atoms with Crippen LogP contribution in [0.25, 0.3) is 0 Å². The molecule has 0 atom stereocenters. The van der Waals surface area contributed by atoms with Gasteiger partial charge in [0.05, 0.1) is 11.7 Å². The summed E-state index contributed by atoms with van der Waals surface area (Å²) in [6, 6.07) is 2.65. The summed E-state index contributed by atoms with van der Waals surface area (Å²) < 4.78 is 4.03. The Balaban J connectivity index is 1.57. The van der Waals surface area contributed by atoms with Crippen LogP contribution in [0.3, 0.4) is 0 Å². The van der Waals surface area contributed by atoms with Gasteiger partial charge in [-0.2, -0.15) is 5.10 Å². The van der Waals surface area contributed by atoms with Gasteiger partial charge < -0.3 is 10.3 Å². The molecule has 1 saturated carbocycles. The van der Waals surface area contributed by atoms with Gasteiger partial charge in [0.25, 0.3) is 0 Å². The Morgan fingerprint density at radius 1 is 1.39 bits per heavy atom. The minimum absolute atomic E-state index is 0.294. The van der Waals surface area contributed by atoms with E-state index < -0.39 is 0 Å². The molecule has 0 unspecified atom stereocenters. The van der Waals surface area contributed by atoms with Gasteiger partial charge in [-0.15, -0.1) is 10.2 Å². The fourth-order valence-electron chi connectivity index (χ4n) is 2.89. The highest BCUT2D eigenvalue weighted by molar-refractivity contribution is 7.98. The number of hydrogen-bond acceptors (Lipinski definition) is 5. The lowest BCUT2D eigenvalue weighted by atomic mass is 10.3. The van der Waals surface area contributed by atoms with Crippen molar-refractivity contribution in [1.82, 2.24) is 24.5 Å². The van der Waals surface area contributed by atoms with Crippen LogP contribution in [0, 0.1) is 0 Å². The second-order valence-corrected chi connectivity index (χ2v) is 6.88. The zero-order valence-corrected chi connectivity index (χ0v) is 14.1. The lowest BCUT2D eigenvalue weighted by Crippen LogP contribution is -2.12. The molecule has 0 radical (unpaired) electrons. The molecule has 2 aromatic heterocycles. The molecule has 1 fully saturated rings. The van der Waals surface area contributed by atoms with Gasteiger partial charge in [-0.25, -0.2) is 0 Å². The number of thioether (sulfide) groups is 1. The molecule has 0 saturated heterocycles. The highest BCUT2D eigenvalue weighted by Gasteiger charge is 2.18. The number of nitrogens with two attached hydrogens (primary N) is 1. The molecule has 2 heterocycles. The van der Waals surface area contributed by atoms with E-state index in [0.717, 1.165) is 22.4 Å². The Bertz CT molecular complexity index is 673. The molecule has 3 rings (SSSR count). The highest BCUT2D eigenvalue weighted by Crippen LogP contribution is 2.29. The molecule has 1 aliphatic rings. The molecule has 0 spiro atoms. The smallest absolute Gasteiger partial charge is 0.217 e. The molecule has 1 aliphatic carbocycles. The SMILES string of the molecule is Cn1c(CCC(N)=O)nnc1SCc1ccn(C2CCCC2)n1. The summed E-state index contributed by atoms with van der Waals surface area (Å²) in [5.41, 5.74) is 6.23. The molecule has 0 aromatic carbocycles. The van der Waals surface area contributed by atoms with Gasteiger partial charge in [0.1, 0.15) is 5.82 Å². The van der Waals surface area contributed by atoms with E-state index in [1.807, 2.05) is 11.6 Å². The monoisotopic (exact) mass is 334 g/mol. The number of primary amides is 1. The zero-order chi connectivity index (χ0) is 16.2. The minimum atomic E-state index is -0.320. The summed E-state index contributed by atoms with van der Waals surface area (Å²) in [6.07, 6.45) is 7.99. The van der Waals surface area contributed by atoms with E-state index in [9.17, 15) is 4.79 Å². The van der Waals surface area contributed by atoms with E-state index in [1.54, 1.807) is 11.8 Å². The highest BCUT2D eigenvalue weighted by atomic mass is 32.2. The summed E-state index contributed by atoms with van der Waals surface area (Å²) in [5, 5.41) is 13.8. The molecule has 1 amide bonds. The summed E-state index contributed by atoms with van der Waals surface area (Å²) in [6.45, 7) is 0. The number of nitrogens with zero attached hydrogens (tertiary/aromatic N) is 5. The van der Waals surface area contributed by atoms with Crippen molar-refractivity contribution in [3.05, 3.63) is 23.8 Å². The first-order chi connectivity index (χ1) is 11.1. The third-order valence-corrected chi connectivity index (χ3v) is 5.29. The van der Waals surface area contributed by atoms with Gasteiger partial charge >= 0.3 is 0 Å². The maximum atomic E-state index is 10.9. The molecule has 0 bridgehead atoms. The Morgan fingerprint density at radius 3 is 2.91 bits per heavy atom. The average molecular weight is 334 g/mol. The molecule has 23 heavy (non-hydrogen) atoms. The Hall–Kier alpha value is -1.83. The van der Waals surface area contributed by atoms with E-state index in [4.69, 9.17) is 5.73 Å². The van der Waals surface area contributed by atoms with Crippen molar-refractivity contribution in [2.45, 2.75) is 55.5 Å². The van der Waals surface area contributed by atoms with Crippen molar-refractivity contribution in [3.63, 3.8) is 0 Å². The molecule has 124 valence electrons. The lowest BCUT2D eigenvalue weighted by molar-refractivity contribution is -0.118. The number of rotatable bonds is 7. The van der Waals surface area contributed by atoms with E-state index in [1.165, 1.54) is 25.7 Å². The van der Waals surface area contributed by atoms with Gasteiger partial charge in [0.2, 0.25) is 5.91 Å². The maximum Gasteiger partial charge on any atom is 0.217 e. The quantitative estimate of drug-likeness (QED) is 0.780. The lowest BCUT2D eigenvalue weighted by Gasteiger charge is -2.08. The van der Waals surface area contributed by atoms with Crippen molar-refractivity contribution in [2.75, 3.05) is 0 Å². The van der Waals surface area contributed by atoms with Crippen molar-refractivity contribution >= 4 is 17.7 Å². The second-order valence-electron chi connectivity index (χ2n) is 5.94. The molecule has 7 nitrogen and oxygen atoms in total. The summed E-state index contributed by atoms with van der Waals surface area (Å²) in [7, 11) is 1.91. The third-order valence-electron chi connectivity index (χ3n) is 4.23. The number of carbonyl (C=O) groups excluding carboxylic acids is 1. The molecule has 2 aromatic rings. The predicted molar refractivity (Wildman–Crippen MR) is 87.8 cm³/mol. The van der Waals surface area contributed by atoms with Crippen LogP contribution in [0.2, 0.25) is 0 Å². The maximum absolute atomic E-state index is 10.9. The van der Waals surface area contributed by atoms with Crippen LogP contribution in [0.5, 0.6) is 0 Å². The average Bonchev–Trinajstić information content (AvgIpc) is 3.25. The van der Waals surface area contributed by atoms with Crippen LogP contribution in [0.15, 0.2) is 17.4 Å². The van der Waals surface area contributed by atoms with E-state index in [0.29, 0.717) is 18.9 Å². The van der Waals surface area contributed by atoms with E-state index in [2.05, 4.69) is 32.2 Å². The Labute approximate surface area is 139 Å². The predicted octanol–water partition coefficient (Wildman–Crippen LogP) is 1.84. The standard InChI is InChI=1S/C15H22N6OS/c1-20-14(7-6-13(16)22)17-18-15(20)23-10-11-8-9-21(19-11)12-4-2-3-5-12/h8-9,12H,2-7,10H2,1H3,(H2,16,22). The largest absolute Gasteiger partial charge is 0.370 e. The van der Waals surface area contributed by atoms with E-state index >= 15 is 0 Å². The summed E-state index contributed by atoms with van der Waals surface area (Å²) in [5.74, 6) is 1.23. The molecule has 8 heteroatoms. The molecular formula is C15H22N6OS. The topological polar surface area (TPSA) is 91.6 Å². The van der Waals surface area contributed by atoms with Crippen molar-refractivity contribution in [2.24, 2.45) is 12.8 Å². The van der Waals surface area contributed by atoms with Crippen LogP contribution in [-0.2, 0) is 24.0 Å². The molecular weight excluding hydrogens is 312 g/mol. The molecule has 0 aliphatic heterocycles. The van der Waals surface area contributed by atoms with Crippen LogP contribution in [0.4, 0.5) is 0 Å². The first-order valence-corrected chi connectivity index (χ1v) is 8.95. The number of aryl methyl sites for hydroxylation is 1. The Kier molecular flexibility index (Phi) is 5.00. The zero-order valence-electron chi connectivity index (χ0n) is 13.3. The van der Waals surface area contributed by atoms with Gasteiger partial charge in [0.15, 0.2) is 5.16 Å². The molecule has 2 N–H and O–H groups in total. The second kappa shape index (κ2) is 7.16. The Morgan fingerprint density at radius 2 is 2.17 bits per heavy atom. The first kappa shape index (κ1) is 16.0. The van der Waals surface area contributed by atoms with Crippen molar-refractivity contribution in [1.29, 1.82) is 0 Å². The number of carbonyl (C=O) groups is 1. The van der Waals surface area contributed by atoms with Gasteiger partial charge in [-0.3, -0.25) is 9.48 Å². The minimum Gasteiger partial charge on any atom is -0.370 e. The van der Waals surface area contributed by atoms with Crippen molar-refractivity contribution in [3.8, 4) is 0 Å². The first-order valence-electron chi connectivity index (χ1n) is 7.97. The van der Waals surface area contributed by atoms with Crippen LogP contribution < -0.4 is 5.73 Å². The number of amides is 1. The summed E-state index contributed by atoms with van der Waals surface area (Å²) >= 11 is 1.61. The third kappa shape index (κ3) is 3.93. The number of hydrogen-bond donors (Lipinski definition) is 1. The van der Waals surface area contributed by atoms with E-state index in [-0.39, 0.29) is 5.91 Å². The fourth-order valence-corrected chi connectivity index (χ4v) is 3.72. The van der Waals surface area contributed by atoms with Crippen LogP contribution >= 0.6 is 11.8 Å². The van der Waals surface area contributed by atoms with Gasteiger partial charge in [0, 0.05) is 31.8 Å². The van der Waals surface area contributed by atoms with Gasteiger partial charge in [-0.05, 0) is 18.9 Å². The van der Waals surface area contributed by atoms with Gasteiger partial charge in [-0.1, -0.05) is 24.6 Å². The summed E-state index contributed by atoms with van der Waals surface area (Å²) in [4.78, 5) is 10.9. The fraction of sp³-hybridized carbons (Fsp3) is 0.600. The normalized spacial score (nSPS) is 15.3.